The highest BCUT2D eigenvalue weighted by Crippen LogP contribution is 2.35. The van der Waals surface area contributed by atoms with Crippen LogP contribution >= 0.6 is 0 Å². The van der Waals surface area contributed by atoms with Gasteiger partial charge in [0.1, 0.15) is 24.3 Å². The summed E-state index contributed by atoms with van der Waals surface area (Å²) < 4.78 is 67.6. The molecule has 2 aromatic rings. The van der Waals surface area contributed by atoms with Gasteiger partial charge in [0.15, 0.2) is 6.04 Å². The quantitative estimate of drug-likeness (QED) is 0.854. The van der Waals surface area contributed by atoms with E-state index in [-0.39, 0.29) is 13.0 Å². The van der Waals surface area contributed by atoms with Crippen molar-refractivity contribution in [1.29, 1.82) is 0 Å². The normalized spacial score (nSPS) is 12.9. The van der Waals surface area contributed by atoms with Crippen molar-refractivity contribution in [2.75, 3.05) is 0 Å². The number of aryl methyl sites for hydroxylation is 1. The highest BCUT2D eigenvalue weighted by molar-refractivity contribution is 5.76. The molecule has 1 heterocycles. The third-order valence-corrected chi connectivity index (χ3v) is 2.96. The molecule has 0 fully saturated rings. The van der Waals surface area contributed by atoms with Crippen LogP contribution in [0.15, 0.2) is 30.9 Å². The number of hydrogen-bond donors (Lipinski definition) is 1. The summed E-state index contributed by atoms with van der Waals surface area (Å²) in [6.07, 6.45) is -2.92. The van der Waals surface area contributed by atoms with Crippen LogP contribution in [-0.4, -0.2) is 26.8 Å². The van der Waals surface area contributed by atoms with E-state index < -0.39 is 35.3 Å². The number of benzene rings is 1. The Hall–Kier alpha value is -2.52. The van der Waals surface area contributed by atoms with Gasteiger partial charge in [-0.25, -0.2) is 13.8 Å². The number of nitrogens with zero attached hydrogens (tertiary/aromatic N) is 3. The molecule has 0 radical (unpaired) electrons. The monoisotopic (exact) mass is 334 g/mol. The smallest absolute Gasteiger partial charge is 0.341 e. The van der Waals surface area contributed by atoms with E-state index in [1.165, 1.54) is 17.3 Å². The summed E-state index contributed by atoms with van der Waals surface area (Å²) in [6.45, 7) is -0.0177. The number of alkyl halides is 3. The zero-order valence-corrected chi connectivity index (χ0v) is 11.5. The Labute approximate surface area is 127 Å². The van der Waals surface area contributed by atoms with E-state index in [1.54, 1.807) is 5.32 Å². The van der Waals surface area contributed by atoms with Crippen LogP contribution in [0, 0.1) is 11.6 Å². The van der Waals surface area contributed by atoms with E-state index in [0.717, 1.165) is 6.07 Å². The highest BCUT2D eigenvalue weighted by Gasteiger charge is 2.44. The Morgan fingerprint density at radius 3 is 2.43 bits per heavy atom. The lowest BCUT2D eigenvalue weighted by molar-refractivity contribution is -0.164. The molecule has 0 bridgehead atoms. The van der Waals surface area contributed by atoms with E-state index in [9.17, 15) is 26.7 Å². The molecule has 5 nitrogen and oxygen atoms in total. The fraction of sp³-hybridized carbons (Fsp3) is 0.308. The van der Waals surface area contributed by atoms with Gasteiger partial charge in [0, 0.05) is 6.42 Å². The van der Waals surface area contributed by atoms with Gasteiger partial charge in [-0.3, -0.25) is 9.48 Å². The van der Waals surface area contributed by atoms with Crippen molar-refractivity contribution in [3.8, 4) is 0 Å². The second-order valence-electron chi connectivity index (χ2n) is 4.59. The Morgan fingerprint density at radius 2 is 1.91 bits per heavy atom. The molecule has 0 aliphatic heterocycles. The van der Waals surface area contributed by atoms with Crippen LogP contribution in [0.5, 0.6) is 0 Å². The van der Waals surface area contributed by atoms with Crippen LogP contribution in [0.2, 0.25) is 0 Å². The van der Waals surface area contributed by atoms with Crippen molar-refractivity contribution < 1.29 is 26.7 Å². The molecule has 10 heteroatoms. The van der Waals surface area contributed by atoms with Crippen LogP contribution in [-0.2, 0) is 11.3 Å². The molecule has 0 saturated carbocycles. The number of carbonyl (C=O) groups excluding carboxylic acids is 1. The number of halogens is 5. The van der Waals surface area contributed by atoms with Crippen LogP contribution in [0.25, 0.3) is 0 Å². The van der Waals surface area contributed by atoms with Gasteiger partial charge < -0.3 is 5.32 Å². The van der Waals surface area contributed by atoms with Gasteiger partial charge in [0.25, 0.3) is 0 Å². The first kappa shape index (κ1) is 16.8. The molecule has 0 aliphatic rings. The molecule has 0 spiro atoms. The fourth-order valence-electron chi connectivity index (χ4n) is 1.90. The first-order valence-electron chi connectivity index (χ1n) is 6.41. The Bertz CT molecular complexity index is 651. The molecule has 1 aromatic heterocycles. The van der Waals surface area contributed by atoms with Crippen molar-refractivity contribution >= 4 is 5.91 Å². The fourth-order valence-corrected chi connectivity index (χ4v) is 1.90. The molecule has 23 heavy (non-hydrogen) atoms. The summed E-state index contributed by atoms with van der Waals surface area (Å²) in [5, 5.41) is 5.30. The average Bonchev–Trinajstić information content (AvgIpc) is 2.96. The Balaban J connectivity index is 2.15. The van der Waals surface area contributed by atoms with Gasteiger partial charge in [0.05, 0.1) is 12.1 Å². The number of amides is 1. The number of hydrogen-bond acceptors (Lipinski definition) is 3. The second kappa shape index (κ2) is 6.71. The molecule has 1 atom stereocenters. The van der Waals surface area contributed by atoms with Crippen molar-refractivity contribution in [1.82, 2.24) is 20.1 Å². The van der Waals surface area contributed by atoms with Crippen LogP contribution < -0.4 is 5.32 Å². The summed E-state index contributed by atoms with van der Waals surface area (Å²) >= 11 is 0. The van der Waals surface area contributed by atoms with Crippen LogP contribution in [0.1, 0.15) is 18.0 Å². The molecular formula is C13H11F5N4O. The first-order valence-corrected chi connectivity index (χ1v) is 6.41. The van der Waals surface area contributed by atoms with Gasteiger partial charge in [-0.1, -0.05) is 6.07 Å². The number of aromatic nitrogens is 3. The molecular weight excluding hydrogens is 323 g/mol. The summed E-state index contributed by atoms with van der Waals surface area (Å²) in [6, 6.07) is -0.446. The maximum absolute atomic E-state index is 13.6. The number of carbonyl (C=O) groups is 1. The maximum atomic E-state index is 13.6. The van der Waals surface area contributed by atoms with Gasteiger partial charge in [-0.2, -0.15) is 18.3 Å². The lowest BCUT2D eigenvalue weighted by Gasteiger charge is -2.23. The summed E-state index contributed by atoms with van der Waals surface area (Å²) in [4.78, 5) is 15.3. The van der Waals surface area contributed by atoms with Crippen molar-refractivity contribution in [2.24, 2.45) is 0 Å². The standard InChI is InChI=1S/C13H11F5N4O/c14-8-2-1-3-9(15)11(8)12(13(16,17)18)21-10(23)4-5-22-7-19-6-20-22/h1-3,6-7,12H,4-5H2,(H,21,23). The van der Waals surface area contributed by atoms with Gasteiger partial charge in [-0.15, -0.1) is 0 Å². The average molecular weight is 334 g/mol. The van der Waals surface area contributed by atoms with E-state index in [1.807, 2.05) is 0 Å². The van der Waals surface area contributed by atoms with E-state index in [0.29, 0.717) is 12.1 Å². The second-order valence-corrected chi connectivity index (χ2v) is 4.59. The molecule has 1 amide bonds. The maximum Gasteiger partial charge on any atom is 0.413 e. The zero-order chi connectivity index (χ0) is 17.0. The lowest BCUT2D eigenvalue weighted by Crippen LogP contribution is -2.39. The molecule has 2 rings (SSSR count). The highest BCUT2D eigenvalue weighted by atomic mass is 19.4. The van der Waals surface area contributed by atoms with Gasteiger partial charge in [-0.05, 0) is 12.1 Å². The third kappa shape index (κ3) is 4.24. The summed E-state index contributed by atoms with van der Waals surface area (Å²) in [5.74, 6) is -3.79. The van der Waals surface area contributed by atoms with E-state index in [4.69, 9.17) is 0 Å². The van der Waals surface area contributed by atoms with Gasteiger partial charge in [0.2, 0.25) is 5.91 Å². The van der Waals surface area contributed by atoms with Crippen LogP contribution in [0.4, 0.5) is 22.0 Å². The minimum absolute atomic E-state index is 0.0177. The first-order chi connectivity index (χ1) is 10.8. The summed E-state index contributed by atoms with van der Waals surface area (Å²) in [7, 11) is 0. The Kier molecular flexibility index (Phi) is 4.92. The molecule has 1 unspecified atom stereocenters. The van der Waals surface area contributed by atoms with Crippen molar-refractivity contribution in [2.45, 2.75) is 25.2 Å². The predicted octanol–water partition coefficient (Wildman–Crippen LogP) is 2.37. The Morgan fingerprint density at radius 1 is 1.26 bits per heavy atom. The van der Waals surface area contributed by atoms with Crippen molar-refractivity contribution in [3.63, 3.8) is 0 Å². The molecule has 1 aromatic carbocycles. The number of rotatable bonds is 5. The SMILES string of the molecule is O=C(CCn1cncn1)NC(c1c(F)cccc1F)C(F)(F)F. The summed E-state index contributed by atoms with van der Waals surface area (Å²) in [5.41, 5.74) is -1.24. The van der Waals surface area contributed by atoms with Crippen LogP contribution in [0.3, 0.4) is 0 Å². The minimum atomic E-state index is -5.05. The molecule has 1 N–H and O–H groups in total. The predicted molar refractivity (Wildman–Crippen MR) is 67.9 cm³/mol. The van der Waals surface area contributed by atoms with Crippen molar-refractivity contribution in [3.05, 3.63) is 48.1 Å². The molecule has 124 valence electrons. The largest absolute Gasteiger partial charge is 0.413 e. The van der Waals surface area contributed by atoms with E-state index >= 15 is 0 Å². The van der Waals surface area contributed by atoms with Gasteiger partial charge >= 0.3 is 6.18 Å². The third-order valence-electron chi connectivity index (χ3n) is 2.96. The lowest BCUT2D eigenvalue weighted by atomic mass is 10.0. The molecule has 0 aliphatic carbocycles. The number of nitrogens with one attached hydrogen (secondary N) is 1. The zero-order valence-electron chi connectivity index (χ0n) is 11.5. The topological polar surface area (TPSA) is 59.8 Å². The minimum Gasteiger partial charge on any atom is -0.341 e. The molecule has 0 saturated heterocycles. The van der Waals surface area contributed by atoms with E-state index in [2.05, 4.69) is 10.1 Å².